The minimum absolute atomic E-state index is 0.0454. The molecule has 2 heterocycles. The van der Waals surface area contributed by atoms with Crippen molar-refractivity contribution in [1.82, 2.24) is 20.2 Å². The molecule has 2 aromatic rings. The normalized spacial score (nSPS) is 16.9. The maximum absolute atomic E-state index is 11.8. The Morgan fingerprint density at radius 2 is 2.09 bits per heavy atom. The van der Waals surface area contributed by atoms with E-state index in [1.54, 1.807) is 19.1 Å². The van der Waals surface area contributed by atoms with Crippen LogP contribution in [0, 0.1) is 10.1 Å². The molecule has 0 saturated heterocycles. The van der Waals surface area contributed by atoms with E-state index in [-0.39, 0.29) is 5.69 Å². The third kappa shape index (κ3) is 2.06. The number of amides is 1. The minimum atomic E-state index is -0.635. The molecular formula is C12H11N7O3. The maximum Gasteiger partial charge on any atom is 0.269 e. The van der Waals surface area contributed by atoms with Gasteiger partial charge in [0.2, 0.25) is 11.9 Å². The number of nitrogens with zero attached hydrogens (tertiary/aromatic N) is 5. The lowest BCUT2D eigenvalue weighted by atomic mass is 9.95. The third-order valence-electron chi connectivity index (χ3n) is 3.40. The van der Waals surface area contributed by atoms with Crippen molar-refractivity contribution in [3.63, 3.8) is 0 Å². The van der Waals surface area contributed by atoms with Crippen LogP contribution >= 0.6 is 0 Å². The monoisotopic (exact) mass is 301 g/mol. The van der Waals surface area contributed by atoms with Crippen LogP contribution in [-0.2, 0) is 4.79 Å². The van der Waals surface area contributed by atoms with Crippen molar-refractivity contribution in [2.24, 2.45) is 5.73 Å². The van der Waals surface area contributed by atoms with Crippen molar-refractivity contribution in [2.45, 2.75) is 13.0 Å². The number of nitro groups is 1. The zero-order valence-corrected chi connectivity index (χ0v) is 11.4. The predicted molar refractivity (Wildman–Crippen MR) is 74.6 cm³/mol. The quantitative estimate of drug-likeness (QED) is 0.615. The second-order valence-electron chi connectivity index (χ2n) is 4.73. The summed E-state index contributed by atoms with van der Waals surface area (Å²) in [6, 6.07) is 5.18. The number of nitrogens with two attached hydrogens (primary N) is 1. The third-order valence-corrected chi connectivity index (χ3v) is 3.40. The van der Waals surface area contributed by atoms with Crippen molar-refractivity contribution in [2.75, 3.05) is 5.32 Å². The number of anilines is 1. The summed E-state index contributed by atoms with van der Waals surface area (Å²) >= 11 is 0. The topological polar surface area (TPSA) is 142 Å². The van der Waals surface area contributed by atoms with Gasteiger partial charge < -0.3 is 11.1 Å². The number of hydrogen-bond donors (Lipinski definition) is 2. The summed E-state index contributed by atoms with van der Waals surface area (Å²) in [5.74, 6) is -0.250. The number of fused-ring (bicyclic) bond motifs is 1. The number of tetrazole rings is 1. The van der Waals surface area contributed by atoms with Gasteiger partial charge >= 0.3 is 0 Å². The lowest BCUT2D eigenvalue weighted by Gasteiger charge is -2.26. The average Bonchev–Trinajstić information content (AvgIpc) is 2.93. The molecule has 1 aromatic carbocycles. The summed E-state index contributed by atoms with van der Waals surface area (Å²) in [5, 5.41) is 24.9. The number of aromatic nitrogens is 4. The van der Waals surface area contributed by atoms with Crippen LogP contribution in [-0.4, -0.2) is 31.0 Å². The number of nitrogens with one attached hydrogen (secondary N) is 1. The molecule has 0 aliphatic carbocycles. The summed E-state index contributed by atoms with van der Waals surface area (Å²) in [4.78, 5) is 22.0. The molecule has 0 fully saturated rings. The fourth-order valence-electron chi connectivity index (χ4n) is 2.42. The number of carbonyl (C=O) groups is 1. The Morgan fingerprint density at radius 3 is 2.68 bits per heavy atom. The van der Waals surface area contributed by atoms with Crippen LogP contribution in [0.25, 0.3) is 0 Å². The van der Waals surface area contributed by atoms with Crippen LogP contribution in [0.1, 0.15) is 18.5 Å². The van der Waals surface area contributed by atoms with Gasteiger partial charge in [0.15, 0.2) is 0 Å². The van der Waals surface area contributed by atoms with Crippen LogP contribution < -0.4 is 11.1 Å². The highest BCUT2D eigenvalue weighted by Crippen LogP contribution is 2.34. The zero-order valence-electron chi connectivity index (χ0n) is 11.4. The van der Waals surface area contributed by atoms with Gasteiger partial charge in [-0.1, -0.05) is 5.10 Å². The molecule has 3 rings (SSSR count). The van der Waals surface area contributed by atoms with Crippen molar-refractivity contribution < 1.29 is 9.72 Å². The van der Waals surface area contributed by atoms with Gasteiger partial charge in [0.25, 0.3) is 5.69 Å². The van der Waals surface area contributed by atoms with E-state index in [1.165, 1.54) is 16.8 Å². The molecule has 0 unspecified atom stereocenters. The lowest BCUT2D eigenvalue weighted by Crippen LogP contribution is -2.31. The van der Waals surface area contributed by atoms with Crippen molar-refractivity contribution in [3.05, 3.63) is 51.2 Å². The second-order valence-corrected chi connectivity index (χ2v) is 4.73. The molecule has 0 radical (unpaired) electrons. The number of carbonyl (C=O) groups excluding carboxylic acids is 1. The summed E-state index contributed by atoms with van der Waals surface area (Å²) in [5.41, 5.74) is 6.88. The number of hydrogen-bond acceptors (Lipinski definition) is 7. The molecule has 1 amide bonds. The van der Waals surface area contributed by atoms with E-state index >= 15 is 0 Å². The van der Waals surface area contributed by atoms with Crippen molar-refractivity contribution in [3.8, 4) is 0 Å². The van der Waals surface area contributed by atoms with E-state index < -0.39 is 16.9 Å². The van der Waals surface area contributed by atoms with Gasteiger partial charge in [-0.05, 0) is 35.0 Å². The van der Waals surface area contributed by atoms with Gasteiger partial charge in [-0.25, -0.2) is 0 Å². The van der Waals surface area contributed by atoms with E-state index in [9.17, 15) is 14.9 Å². The van der Waals surface area contributed by atoms with E-state index in [4.69, 9.17) is 5.73 Å². The number of non-ortho nitro benzene ring substituents is 1. The lowest BCUT2D eigenvalue weighted by molar-refractivity contribution is -0.384. The summed E-state index contributed by atoms with van der Waals surface area (Å²) in [7, 11) is 0. The number of nitro benzene ring substituents is 1. The predicted octanol–water partition coefficient (Wildman–Crippen LogP) is 0.355. The van der Waals surface area contributed by atoms with Gasteiger partial charge in [0.05, 0.1) is 10.5 Å². The summed E-state index contributed by atoms with van der Waals surface area (Å²) in [6.45, 7) is 1.69. The largest absolute Gasteiger partial charge is 0.366 e. The molecule has 0 bridgehead atoms. The fraction of sp³-hybridized carbons (Fsp3) is 0.167. The maximum atomic E-state index is 11.8. The highest BCUT2D eigenvalue weighted by Gasteiger charge is 2.32. The SMILES string of the molecule is CC1=C(C(N)=O)[C@@H](c2ccc([N+](=O)[O-])cc2)n2nnnc2N1. The molecule has 1 atom stereocenters. The van der Waals surface area contributed by atoms with Crippen molar-refractivity contribution in [1.29, 1.82) is 0 Å². The average molecular weight is 301 g/mol. The molecule has 112 valence electrons. The molecule has 0 spiro atoms. The molecular weight excluding hydrogens is 290 g/mol. The van der Waals surface area contributed by atoms with E-state index in [0.717, 1.165) is 0 Å². The van der Waals surface area contributed by atoms with Crippen LogP contribution in [0.2, 0.25) is 0 Å². The molecule has 1 aliphatic rings. The zero-order chi connectivity index (χ0) is 15.9. The van der Waals surface area contributed by atoms with E-state index in [0.29, 0.717) is 22.8 Å². The van der Waals surface area contributed by atoms with Gasteiger partial charge in [-0.2, -0.15) is 4.68 Å². The molecule has 1 aromatic heterocycles. The van der Waals surface area contributed by atoms with Gasteiger partial charge in [-0.3, -0.25) is 14.9 Å². The van der Waals surface area contributed by atoms with Gasteiger partial charge in [0.1, 0.15) is 6.04 Å². The van der Waals surface area contributed by atoms with Gasteiger partial charge in [-0.15, -0.1) is 0 Å². The first-order chi connectivity index (χ1) is 10.5. The Bertz CT molecular complexity index is 793. The number of allylic oxidation sites excluding steroid dienone is 1. The Morgan fingerprint density at radius 1 is 1.41 bits per heavy atom. The first-order valence-electron chi connectivity index (χ1n) is 6.29. The smallest absolute Gasteiger partial charge is 0.269 e. The fourth-order valence-corrected chi connectivity index (χ4v) is 2.42. The standard InChI is InChI=1S/C12H11N7O3/c1-6-9(11(13)20)10(18-12(14-6)15-16-17-18)7-2-4-8(5-3-7)19(21)22/h2-5,10H,1H3,(H2,13,20)(H,14,15,17)/t10-/m1/s1. The first-order valence-corrected chi connectivity index (χ1v) is 6.29. The highest BCUT2D eigenvalue weighted by molar-refractivity contribution is 5.95. The molecule has 1 aliphatic heterocycles. The first kappa shape index (κ1) is 13.7. The highest BCUT2D eigenvalue weighted by atomic mass is 16.6. The van der Waals surface area contributed by atoms with Crippen LogP contribution in [0.5, 0.6) is 0 Å². The molecule has 3 N–H and O–H groups in total. The summed E-state index contributed by atoms with van der Waals surface area (Å²) < 4.78 is 1.41. The van der Waals surface area contributed by atoms with Crippen LogP contribution in [0.4, 0.5) is 11.6 Å². The number of primary amides is 1. The van der Waals surface area contributed by atoms with Crippen LogP contribution in [0.3, 0.4) is 0 Å². The molecule has 0 saturated carbocycles. The Balaban J connectivity index is 2.14. The minimum Gasteiger partial charge on any atom is -0.366 e. The van der Waals surface area contributed by atoms with E-state index in [2.05, 4.69) is 20.8 Å². The second kappa shape index (κ2) is 4.91. The Labute approximate surface area is 123 Å². The Hall–Kier alpha value is -3.30. The number of benzene rings is 1. The summed E-state index contributed by atoms with van der Waals surface area (Å²) in [6.07, 6.45) is 0. The van der Waals surface area contributed by atoms with Crippen molar-refractivity contribution >= 4 is 17.5 Å². The number of rotatable bonds is 3. The van der Waals surface area contributed by atoms with Gasteiger partial charge in [0, 0.05) is 17.8 Å². The van der Waals surface area contributed by atoms with E-state index in [1.807, 2.05) is 0 Å². The Kier molecular flexibility index (Phi) is 3.05. The molecule has 22 heavy (non-hydrogen) atoms. The molecule has 10 nitrogen and oxygen atoms in total. The molecule has 10 heteroatoms. The van der Waals surface area contributed by atoms with Crippen LogP contribution in [0.15, 0.2) is 35.5 Å².